The van der Waals surface area contributed by atoms with Gasteiger partial charge in [0.05, 0.1) is 0 Å². The molecule has 0 heterocycles. The van der Waals surface area contributed by atoms with E-state index in [2.05, 4.69) is 56.4 Å². The van der Waals surface area contributed by atoms with Crippen LogP contribution in [0.1, 0.15) is 0 Å². The quantitative estimate of drug-likeness (QED) is 0.399. The summed E-state index contributed by atoms with van der Waals surface area (Å²) >= 11 is 13.1. The molecule has 0 unspecified atom stereocenters. The van der Waals surface area contributed by atoms with Gasteiger partial charge in [0.25, 0.3) is 0 Å². The molecule has 0 atom stereocenters. The van der Waals surface area contributed by atoms with Crippen molar-refractivity contribution in [1.29, 1.82) is 0 Å². The predicted octanol–water partition coefficient (Wildman–Crippen LogP) is -2.61. The fourth-order valence-electron chi connectivity index (χ4n) is 0. The van der Waals surface area contributed by atoms with Crippen molar-refractivity contribution in [3.8, 4) is 0 Å². The Balaban J connectivity index is -0.0000000800. The van der Waals surface area contributed by atoms with E-state index in [0.29, 0.717) is 0 Å². The van der Waals surface area contributed by atoms with Gasteiger partial charge in [-0.1, -0.05) is 0 Å². The molecule has 0 aliphatic heterocycles. The molecular formula is Br4Li2Mn. The maximum Gasteiger partial charge on any atom is 1.00 e. The van der Waals surface area contributed by atoms with Crippen LogP contribution >= 0.6 is 56.4 Å². The molecule has 0 amide bonds. The molecule has 0 spiro atoms. The molecule has 0 nitrogen and oxygen atoms in total. The molecule has 0 N–H and O–H groups in total. The van der Waals surface area contributed by atoms with Crippen molar-refractivity contribution < 1.29 is 43.3 Å². The van der Waals surface area contributed by atoms with Crippen molar-refractivity contribution in [3.05, 3.63) is 0 Å². The average molecular weight is 388 g/mol. The third kappa shape index (κ3) is 42.5. The zero-order valence-electron chi connectivity index (χ0n) is 3.89. The Labute approximate surface area is 97.7 Å². The van der Waals surface area contributed by atoms with Gasteiger partial charge >= 0.3 is 99.8 Å². The molecular weight excluding hydrogens is 388 g/mol. The van der Waals surface area contributed by atoms with Crippen molar-refractivity contribution in [1.82, 2.24) is 0 Å². The molecule has 0 aliphatic rings. The van der Waals surface area contributed by atoms with Crippen LogP contribution in [-0.2, 0) is 5.61 Å². The van der Waals surface area contributed by atoms with E-state index in [0.717, 1.165) is 0 Å². The SMILES string of the molecule is [Br][Mn-2]([Br])([Br])[Br].[Li+].[Li+]. The fourth-order valence-corrected chi connectivity index (χ4v) is 0. The van der Waals surface area contributed by atoms with E-state index in [9.17, 15) is 0 Å². The smallest absolute Gasteiger partial charge is 1.00 e. The minimum Gasteiger partial charge on any atom is 1.00 e. The summed E-state index contributed by atoms with van der Waals surface area (Å²) in [6.07, 6.45) is 0. The first-order valence-electron chi connectivity index (χ1n) is 0.571. The summed E-state index contributed by atoms with van der Waals surface area (Å²) in [4.78, 5) is 0. The zero-order chi connectivity index (χ0) is 4.50. The van der Waals surface area contributed by atoms with Gasteiger partial charge < -0.3 is 0 Å². The van der Waals surface area contributed by atoms with Crippen molar-refractivity contribution >= 4 is 56.4 Å². The van der Waals surface area contributed by atoms with E-state index in [-0.39, 0.29) is 37.7 Å². The minimum atomic E-state index is -1.38. The van der Waals surface area contributed by atoms with Gasteiger partial charge in [-0.15, -0.1) is 0 Å². The molecule has 0 bridgehead atoms. The third-order valence-corrected chi connectivity index (χ3v) is 0. The van der Waals surface area contributed by atoms with Crippen LogP contribution in [0.3, 0.4) is 0 Å². The van der Waals surface area contributed by atoms with E-state index in [4.69, 9.17) is 0 Å². The number of halogens is 4. The summed E-state index contributed by atoms with van der Waals surface area (Å²) < 4.78 is 0. The summed E-state index contributed by atoms with van der Waals surface area (Å²) in [6, 6.07) is 0. The molecule has 0 aromatic carbocycles. The van der Waals surface area contributed by atoms with E-state index in [1.165, 1.54) is 0 Å². The van der Waals surface area contributed by atoms with Gasteiger partial charge in [-0.05, 0) is 0 Å². The maximum atomic E-state index is 3.27. The second-order valence-electron chi connectivity index (χ2n) is 0.324. The molecule has 37 valence electrons. The van der Waals surface area contributed by atoms with Crippen LogP contribution in [0.25, 0.3) is 0 Å². The van der Waals surface area contributed by atoms with Gasteiger partial charge in [0.1, 0.15) is 0 Å². The van der Waals surface area contributed by atoms with Gasteiger partial charge in [-0.2, -0.15) is 0 Å². The Kier molecular flexibility index (Phi) is 18.7. The zero-order valence-corrected chi connectivity index (χ0v) is 11.4. The van der Waals surface area contributed by atoms with E-state index < -0.39 is 5.61 Å². The average Bonchev–Trinajstić information content (AvgIpc) is 0.722. The van der Waals surface area contributed by atoms with Crippen LogP contribution in [0.15, 0.2) is 0 Å². The van der Waals surface area contributed by atoms with Crippen LogP contribution in [0.2, 0.25) is 0 Å². The van der Waals surface area contributed by atoms with E-state index in [1.807, 2.05) is 0 Å². The van der Waals surface area contributed by atoms with Gasteiger partial charge in [0.15, 0.2) is 0 Å². The van der Waals surface area contributed by atoms with Crippen LogP contribution in [0.5, 0.6) is 0 Å². The first-order valence-corrected chi connectivity index (χ1v) is 12.2. The molecule has 7 heavy (non-hydrogen) atoms. The Bertz CT molecular complexity index is 25.2. The molecule has 0 radical (unpaired) electrons. The Morgan fingerprint density at radius 1 is 0.714 bits per heavy atom. The second kappa shape index (κ2) is 7.74. The number of hydrogen-bond donors (Lipinski definition) is 0. The third-order valence-electron chi connectivity index (χ3n) is 0. The fraction of sp³-hybridized carbons (Fsp3) is 0. The Hall–Kier alpha value is 3.63. The van der Waals surface area contributed by atoms with Crippen molar-refractivity contribution in [2.75, 3.05) is 0 Å². The molecule has 7 heteroatoms. The number of hydrogen-bond acceptors (Lipinski definition) is 0. The molecule has 0 aliphatic carbocycles. The summed E-state index contributed by atoms with van der Waals surface area (Å²) in [5.74, 6) is 0. The summed E-state index contributed by atoms with van der Waals surface area (Å²) in [7, 11) is 0. The van der Waals surface area contributed by atoms with Gasteiger partial charge in [0.2, 0.25) is 0 Å². The van der Waals surface area contributed by atoms with Crippen molar-refractivity contribution in [2.24, 2.45) is 0 Å². The maximum absolute atomic E-state index is 3.27. The first kappa shape index (κ1) is 16.9. The topological polar surface area (TPSA) is 0 Å². The van der Waals surface area contributed by atoms with Crippen molar-refractivity contribution in [2.45, 2.75) is 0 Å². The second-order valence-corrected chi connectivity index (χ2v) is 36.1. The number of rotatable bonds is 0. The molecule has 0 saturated heterocycles. The van der Waals surface area contributed by atoms with Gasteiger partial charge in [0, 0.05) is 0 Å². The minimum absolute atomic E-state index is 0. The van der Waals surface area contributed by atoms with Gasteiger partial charge in [-0.25, -0.2) is 0 Å². The summed E-state index contributed by atoms with van der Waals surface area (Å²) in [5, 5.41) is 0. The molecule has 0 aromatic rings. The van der Waals surface area contributed by atoms with Crippen LogP contribution < -0.4 is 37.7 Å². The predicted molar refractivity (Wildman–Crippen MR) is 35.7 cm³/mol. The van der Waals surface area contributed by atoms with Crippen LogP contribution in [0, 0.1) is 0 Å². The summed E-state index contributed by atoms with van der Waals surface area (Å²) in [6.45, 7) is 0. The molecule has 0 aromatic heterocycles. The van der Waals surface area contributed by atoms with Gasteiger partial charge in [-0.3, -0.25) is 0 Å². The Morgan fingerprint density at radius 2 is 0.714 bits per heavy atom. The van der Waals surface area contributed by atoms with E-state index in [1.54, 1.807) is 0 Å². The standard InChI is InChI=1S/4BrH.2Li.Mn/h4*1H;;;/q;;;;2*+1;+2/p-4. The molecule has 0 fully saturated rings. The van der Waals surface area contributed by atoms with Crippen molar-refractivity contribution in [3.63, 3.8) is 0 Å². The van der Waals surface area contributed by atoms with Crippen LogP contribution in [-0.4, -0.2) is 0 Å². The van der Waals surface area contributed by atoms with Crippen LogP contribution in [0.4, 0.5) is 0 Å². The molecule has 0 saturated carbocycles. The monoisotopic (exact) mass is 385 g/mol. The molecule has 0 rings (SSSR count). The normalized spacial score (nSPS) is 10.9. The largest absolute Gasteiger partial charge is 1.00 e. The van der Waals surface area contributed by atoms with E-state index >= 15 is 0 Å². The summed E-state index contributed by atoms with van der Waals surface area (Å²) in [5.41, 5.74) is -1.38. The first-order chi connectivity index (χ1) is 2.00. The Morgan fingerprint density at radius 3 is 0.714 bits per heavy atom.